The average molecular weight is 285 g/mol. The van der Waals surface area contributed by atoms with Crippen molar-refractivity contribution in [2.24, 2.45) is 0 Å². The molecule has 14 heteroatoms. The zero-order valence-electron chi connectivity index (χ0n) is 5.91. The summed E-state index contributed by atoms with van der Waals surface area (Å²) >= 11 is 0. The topological polar surface area (TPSA) is 127 Å². The van der Waals surface area contributed by atoms with Gasteiger partial charge in [0.15, 0.2) is 0 Å². The van der Waals surface area contributed by atoms with Crippen molar-refractivity contribution in [3.8, 4) is 0 Å². The molecular weight excluding hydrogens is 284 g/mol. The van der Waals surface area contributed by atoms with Gasteiger partial charge in [0.1, 0.15) is 0 Å². The van der Waals surface area contributed by atoms with E-state index in [0.717, 1.165) is 0 Å². The summed E-state index contributed by atoms with van der Waals surface area (Å²) in [6.45, 7) is -1.90. The van der Waals surface area contributed by atoms with Gasteiger partial charge in [-0.3, -0.25) is 9.13 Å². The van der Waals surface area contributed by atoms with Crippen LogP contribution in [0.1, 0.15) is 0 Å². The lowest BCUT2D eigenvalue weighted by Gasteiger charge is -1.90. The highest BCUT2D eigenvalue weighted by atomic mass is 32.7. The van der Waals surface area contributed by atoms with Gasteiger partial charge in [-0.15, -0.1) is 0 Å². The van der Waals surface area contributed by atoms with Gasteiger partial charge in [-0.1, -0.05) is 0 Å². The first-order valence-corrected chi connectivity index (χ1v) is 8.61. The van der Waals surface area contributed by atoms with E-state index < -0.39 is 31.0 Å². The first-order chi connectivity index (χ1) is 6.76. The van der Waals surface area contributed by atoms with Gasteiger partial charge < -0.3 is 0 Å². The fourth-order valence-electron chi connectivity index (χ4n) is 0.178. The fraction of sp³-hybridized carbons (Fsp3) is 0. The second-order valence-electron chi connectivity index (χ2n) is 1.09. The van der Waals surface area contributed by atoms with E-state index in [0.29, 0.717) is 0 Å². The van der Waals surface area contributed by atoms with E-state index in [9.17, 15) is 13.7 Å². The van der Waals surface area contributed by atoms with Crippen LogP contribution in [0, 0.1) is 0 Å². The van der Waals surface area contributed by atoms with Crippen molar-refractivity contribution in [1.29, 1.82) is 0 Å². The van der Waals surface area contributed by atoms with Crippen molar-refractivity contribution in [3.05, 3.63) is 0 Å². The summed E-state index contributed by atoms with van der Waals surface area (Å²) in [5.74, 6) is 0. The highest BCUT2D eigenvalue weighted by molar-refractivity contribution is 8.71. The Balaban J connectivity index is 3.52. The van der Waals surface area contributed by atoms with Crippen LogP contribution >= 0.6 is 31.0 Å². The first kappa shape index (κ1) is 14.5. The van der Waals surface area contributed by atoms with Crippen molar-refractivity contribution in [1.82, 2.24) is 0 Å². The average Bonchev–Trinajstić information content (AvgIpc) is 2.19. The third-order valence-electron chi connectivity index (χ3n) is 0.500. The van der Waals surface area contributed by atoms with Crippen LogP contribution < -0.4 is 0 Å². The number of rotatable bonds is 9. The lowest BCUT2D eigenvalue weighted by atomic mass is 14.1. The lowest BCUT2D eigenvalue weighted by Crippen LogP contribution is -1.95. The molecule has 0 heterocycles. The Morgan fingerprint density at radius 1 is 1.07 bits per heavy atom. The Morgan fingerprint density at radius 2 is 1.64 bits per heavy atom. The standard InChI is InChI=1S/O10P4/c1-5-6-7-8-9-10-13(4)14(11-2)12-3/p+1. The minimum absolute atomic E-state index is 0.597. The second-order valence-corrected chi connectivity index (χ2v) is 11.0. The van der Waals surface area contributed by atoms with Crippen LogP contribution in [0.2, 0.25) is 0 Å². The van der Waals surface area contributed by atoms with Crippen LogP contribution in [-0.4, -0.2) is 5.26 Å². The first-order valence-electron chi connectivity index (χ1n) is 2.35. The molecule has 0 saturated heterocycles. The smallest absolute Gasteiger partial charge is 0.264 e. The van der Waals surface area contributed by atoms with Crippen LogP contribution in [0.4, 0.5) is 0 Å². The molecule has 0 saturated carbocycles. The number of hydrogen-bond acceptors (Lipinski definition) is 10. The van der Waals surface area contributed by atoms with Gasteiger partial charge >= 0.3 is 14.7 Å². The number of hydrogen-bond donors (Lipinski definition) is 1. The van der Waals surface area contributed by atoms with Crippen LogP contribution in [0.25, 0.3) is 0 Å². The normalized spacial score (nSPS) is 14.5. The maximum absolute atomic E-state index is 10.8. The van der Waals surface area contributed by atoms with Gasteiger partial charge in [-0.2, -0.15) is 0 Å². The van der Waals surface area contributed by atoms with E-state index in [2.05, 4.69) is 29.9 Å². The highest BCUT2D eigenvalue weighted by Gasteiger charge is 2.39. The van der Waals surface area contributed by atoms with E-state index in [1.54, 1.807) is 0 Å². The molecule has 0 aliphatic carbocycles. The Morgan fingerprint density at radius 3 is 2.14 bits per heavy atom. The van der Waals surface area contributed by atoms with Crippen LogP contribution in [0.15, 0.2) is 0 Å². The maximum Gasteiger partial charge on any atom is 0.582 e. The van der Waals surface area contributed by atoms with E-state index in [-0.39, 0.29) is 0 Å². The van der Waals surface area contributed by atoms with Crippen LogP contribution in [0.5, 0.6) is 0 Å². The molecule has 0 spiro atoms. The Bertz CT molecular complexity index is 181. The van der Waals surface area contributed by atoms with Crippen molar-refractivity contribution in [3.63, 3.8) is 0 Å². The fourth-order valence-corrected chi connectivity index (χ4v) is 3.05. The molecule has 14 heavy (non-hydrogen) atoms. The Labute approximate surface area is 80.6 Å². The summed E-state index contributed by atoms with van der Waals surface area (Å²) in [5.41, 5.74) is 0. The molecule has 0 radical (unpaired) electrons. The Kier molecular flexibility index (Phi) is 10.3. The molecule has 0 bridgehead atoms. The van der Waals surface area contributed by atoms with Gasteiger partial charge in [0.05, 0.1) is 4.67 Å². The molecule has 0 aromatic rings. The van der Waals surface area contributed by atoms with E-state index in [4.69, 9.17) is 5.26 Å². The molecule has 0 aliphatic rings. The molecule has 0 amide bonds. The van der Waals surface area contributed by atoms with Crippen molar-refractivity contribution in [2.75, 3.05) is 0 Å². The van der Waals surface area contributed by atoms with Gasteiger partial charge in [0.2, 0.25) is 0 Å². The molecule has 1 atom stereocenters. The van der Waals surface area contributed by atoms with E-state index in [1.807, 2.05) is 0 Å². The van der Waals surface area contributed by atoms with Crippen molar-refractivity contribution in [2.45, 2.75) is 0 Å². The maximum atomic E-state index is 10.8. The van der Waals surface area contributed by atoms with Gasteiger partial charge in [-0.25, -0.2) is 5.26 Å². The SMILES string of the molecule is O=PP(P=O)[P+](=O)OOOOOOO. The van der Waals surface area contributed by atoms with E-state index >= 15 is 0 Å². The zero-order valence-corrected chi connectivity index (χ0v) is 9.49. The molecule has 1 unspecified atom stereocenters. The quantitative estimate of drug-likeness (QED) is 0.292. The summed E-state index contributed by atoms with van der Waals surface area (Å²) in [5, 5.41) is 24.0. The molecule has 0 aliphatic heterocycles. The Hall–Kier alpha value is 0.450. The van der Waals surface area contributed by atoms with Crippen molar-refractivity contribution < 1.29 is 48.8 Å². The highest BCUT2D eigenvalue weighted by Crippen LogP contribution is 2.77. The monoisotopic (exact) mass is 285 g/mol. The lowest BCUT2D eigenvalue weighted by molar-refractivity contribution is -0.779. The van der Waals surface area contributed by atoms with Gasteiger partial charge in [0, 0.05) is 10.1 Å². The van der Waals surface area contributed by atoms with Crippen LogP contribution in [-0.2, 0) is 43.6 Å². The van der Waals surface area contributed by atoms with E-state index in [1.165, 1.54) is 0 Å². The largest absolute Gasteiger partial charge is 0.582 e. The summed E-state index contributed by atoms with van der Waals surface area (Å²) in [6.07, 6.45) is 0. The predicted octanol–water partition coefficient (Wildman–Crippen LogP) is 2.69. The summed E-state index contributed by atoms with van der Waals surface area (Å²) in [6, 6.07) is 0. The van der Waals surface area contributed by atoms with Crippen molar-refractivity contribution >= 4 is 31.0 Å². The third kappa shape index (κ3) is 6.84. The molecular formula is HO10P4+. The predicted molar refractivity (Wildman–Crippen MR) is 38.9 cm³/mol. The summed E-state index contributed by atoms with van der Waals surface area (Å²) < 4.78 is 35.0. The van der Waals surface area contributed by atoms with Gasteiger partial charge in [-0.05, 0) is 19.7 Å². The van der Waals surface area contributed by atoms with Gasteiger partial charge in [0.25, 0.3) is 16.3 Å². The third-order valence-corrected chi connectivity index (χ3v) is 8.48. The summed E-state index contributed by atoms with van der Waals surface area (Å²) in [4.78, 5) is 0. The molecule has 0 aromatic heterocycles. The molecule has 0 rings (SSSR count). The minimum atomic E-state index is -2.59. The molecule has 0 fully saturated rings. The molecule has 10 nitrogen and oxygen atoms in total. The second kappa shape index (κ2) is 9.98. The zero-order chi connectivity index (χ0) is 10.8. The van der Waals surface area contributed by atoms with Crippen LogP contribution in [0.3, 0.4) is 0 Å². The molecule has 80 valence electrons. The molecule has 1 N–H and O–H groups in total. The summed E-state index contributed by atoms with van der Waals surface area (Å²) in [7, 11) is -3.78. The minimum Gasteiger partial charge on any atom is -0.264 e. The molecule has 0 aromatic carbocycles.